The standard InChI is InChI=1S/C16H27N5/c1-12-13(9-17-14-6-7-14)10-18-16(19-12)21(3)15-5-4-8-20(2)11-15/h10,14-15,17H,4-9,11H2,1-3H3. The molecule has 1 aliphatic heterocycles. The lowest BCUT2D eigenvalue weighted by molar-refractivity contribution is 0.247. The van der Waals surface area contributed by atoms with Crippen LogP contribution in [-0.2, 0) is 6.54 Å². The minimum Gasteiger partial charge on any atom is -0.340 e. The van der Waals surface area contributed by atoms with Gasteiger partial charge in [-0.1, -0.05) is 0 Å². The number of anilines is 1. The highest BCUT2D eigenvalue weighted by Crippen LogP contribution is 2.21. The van der Waals surface area contributed by atoms with E-state index in [4.69, 9.17) is 4.98 Å². The van der Waals surface area contributed by atoms with E-state index in [0.717, 1.165) is 30.8 Å². The summed E-state index contributed by atoms with van der Waals surface area (Å²) >= 11 is 0. The predicted octanol–water partition coefficient (Wildman–Crippen LogP) is 1.57. The van der Waals surface area contributed by atoms with Crippen LogP contribution in [0.15, 0.2) is 6.20 Å². The molecule has 3 rings (SSSR count). The predicted molar refractivity (Wildman–Crippen MR) is 85.6 cm³/mol. The third-order valence-corrected chi connectivity index (χ3v) is 4.69. The van der Waals surface area contributed by atoms with E-state index < -0.39 is 0 Å². The molecule has 5 heteroatoms. The number of likely N-dealkylation sites (tertiary alicyclic amines) is 1. The second-order valence-corrected chi connectivity index (χ2v) is 6.61. The first-order chi connectivity index (χ1) is 10.1. The van der Waals surface area contributed by atoms with E-state index in [9.17, 15) is 0 Å². The van der Waals surface area contributed by atoms with E-state index in [2.05, 4.69) is 41.1 Å². The van der Waals surface area contributed by atoms with Crippen LogP contribution < -0.4 is 10.2 Å². The minimum atomic E-state index is 0.526. The number of nitrogens with one attached hydrogen (secondary N) is 1. The summed E-state index contributed by atoms with van der Waals surface area (Å²) in [5, 5.41) is 3.53. The smallest absolute Gasteiger partial charge is 0.225 e. The first-order valence-electron chi connectivity index (χ1n) is 8.11. The van der Waals surface area contributed by atoms with Gasteiger partial charge in [-0.15, -0.1) is 0 Å². The number of rotatable bonds is 5. The van der Waals surface area contributed by atoms with Crippen molar-refractivity contribution in [1.82, 2.24) is 20.2 Å². The summed E-state index contributed by atoms with van der Waals surface area (Å²) < 4.78 is 0. The van der Waals surface area contributed by atoms with Crippen LogP contribution in [0.4, 0.5) is 5.95 Å². The molecule has 1 saturated carbocycles. The van der Waals surface area contributed by atoms with Gasteiger partial charge < -0.3 is 15.1 Å². The van der Waals surface area contributed by atoms with Gasteiger partial charge >= 0.3 is 0 Å². The maximum Gasteiger partial charge on any atom is 0.225 e. The molecule has 0 bridgehead atoms. The second kappa shape index (κ2) is 6.28. The molecule has 5 nitrogen and oxygen atoms in total. The van der Waals surface area contributed by atoms with Crippen molar-refractivity contribution in [3.05, 3.63) is 17.5 Å². The van der Waals surface area contributed by atoms with Crippen LogP contribution in [0.2, 0.25) is 0 Å². The number of likely N-dealkylation sites (N-methyl/N-ethyl adjacent to an activating group) is 2. The Hall–Kier alpha value is -1.20. The summed E-state index contributed by atoms with van der Waals surface area (Å²) in [7, 11) is 4.32. The van der Waals surface area contributed by atoms with Crippen LogP contribution in [0, 0.1) is 6.92 Å². The summed E-state index contributed by atoms with van der Waals surface area (Å²) in [5.74, 6) is 0.864. The van der Waals surface area contributed by atoms with Crippen molar-refractivity contribution >= 4 is 5.95 Å². The van der Waals surface area contributed by atoms with Crippen molar-refractivity contribution in [3.8, 4) is 0 Å². The van der Waals surface area contributed by atoms with Gasteiger partial charge in [0.1, 0.15) is 0 Å². The fourth-order valence-electron chi connectivity index (χ4n) is 2.98. The minimum absolute atomic E-state index is 0.526. The number of hydrogen-bond acceptors (Lipinski definition) is 5. The molecule has 1 aromatic heterocycles. The van der Waals surface area contributed by atoms with Gasteiger partial charge in [-0.05, 0) is 46.2 Å². The molecule has 1 aliphatic carbocycles. The van der Waals surface area contributed by atoms with Crippen molar-refractivity contribution < 1.29 is 0 Å². The van der Waals surface area contributed by atoms with E-state index in [1.54, 1.807) is 0 Å². The fourth-order valence-corrected chi connectivity index (χ4v) is 2.98. The van der Waals surface area contributed by atoms with E-state index in [1.165, 1.54) is 37.8 Å². The Bertz CT molecular complexity index is 486. The highest BCUT2D eigenvalue weighted by Gasteiger charge is 2.23. The number of aryl methyl sites for hydroxylation is 1. The lowest BCUT2D eigenvalue weighted by Crippen LogP contribution is -2.45. The SMILES string of the molecule is Cc1nc(N(C)C2CCCN(C)C2)ncc1CNC1CC1. The Balaban J connectivity index is 1.65. The third-order valence-electron chi connectivity index (χ3n) is 4.69. The monoisotopic (exact) mass is 289 g/mol. The largest absolute Gasteiger partial charge is 0.340 e. The van der Waals surface area contributed by atoms with Crippen LogP contribution in [0.5, 0.6) is 0 Å². The molecule has 0 radical (unpaired) electrons. The molecule has 0 aromatic carbocycles. The summed E-state index contributed by atoms with van der Waals surface area (Å²) in [6, 6.07) is 1.25. The van der Waals surface area contributed by atoms with Crippen LogP contribution in [0.1, 0.15) is 36.9 Å². The molecular weight excluding hydrogens is 262 g/mol. The Morgan fingerprint density at radius 2 is 2.19 bits per heavy atom. The average Bonchev–Trinajstić information content (AvgIpc) is 3.29. The molecule has 2 aliphatic rings. The van der Waals surface area contributed by atoms with Crippen LogP contribution in [0.3, 0.4) is 0 Å². The second-order valence-electron chi connectivity index (χ2n) is 6.61. The Morgan fingerprint density at radius 3 is 2.86 bits per heavy atom. The molecule has 21 heavy (non-hydrogen) atoms. The van der Waals surface area contributed by atoms with Gasteiger partial charge in [0.25, 0.3) is 0 Å². The van der Waals surface area contributed by atoms with Gasteiger partial charge in [-0.3, -0.25) is 0 Å². The molecule has 1 atom stereocenters. The zero-order valence-corrected chi connectivity index (χ0v) is 13.5. The summed E-state index contributed by atoms with van der Waals surface area (Å²) in [6.45, 7) is 5.29. The first kappa shape index (κ1) is 14.7. The number of hydrogen-bond donors (Lipinski definition) is 1. The van der Waals surface area contributed by atoms with E-state index in [-0.39, 0.29) is 0 Å². The Labute approximate surface area is 127 Å². The summed E-state index contributed by atoms with van der Waals surface area (Å²) in [5.41, 5.74) is 2.32. The molecule has 1 unspecified atom stereocenters. The quantitative estimate of drug-likeness (QED) is 0.891. The lowest BCUT2D eigenvalue weighted by atomic mass is 10.1. The molecule has 2 heterocycles. The van der Waals surface area contributed by atoms with E-state index in [0.29, 0.717) is 6.04 Å². The van der Waals surface area contributed by atoms with Gasteiger partial charge in [-0.2, -0.15) is 0 Å². The molecule has 1 N–H and O–H groups in total. The molecule has 116 valence electrons. The highest BCUT2D eigenvalue weighted by atomic mass is 15.3. The van der Waals surface area contributed by atoms with E-state index in [1.807, 2.05) is 6.20 Å². The number of piperidine rings is 1. The third kappa shape index (κ3) is 3.71. The van der Waals surface area contributed by atoms with Crippen LogP contribution in [0.25, 0.3) is 0 Å². The summed E-state index contributed by atoms with van der Waals surface area (Å²) in [6.07, 6.45) is 7.12. The Kier molecular flexibility index (Phi) is 4.40. The fraction of sp³-hybridized carbons (Fsp3) is 0.750. The number of aromatic nitrogens is 2. The average molecular weight is 289 g/mol. The maximum absolute atomic E-state index is 4.73. The van der Waals surface area contributed by atoms with Gasteiger partial charge in [0.2, 0.25) is 5.95 Å². The van der Waals surface area contributed by atoms with Gasteiger partial charge in [-0.25, -0.2) is 9.97 Å². The topological polar surface area (TPSA) is 44.3 Å². The normalized spacial score (nSPS) is 23.3. The van der Waals surface area contributed by atoms with Gasteiger partial charge in [0, 0.05) is 49.7 Å². The molecule has 0 amide bonds. The van der Waals surface area contributed by atoms with Gasteiger partial charge in [0.15, 0.2) is 0 Å². The first-order valence-corrected chi connectivity index (χ1v) is 8.11. The van der Waals surface area contributed by atoms with Crippen molar-refractivity contribution in [2.75, 3.05) is 32.1 Å². The molecular formula is C16H27N5. The molecule has 1 saturated heterocycles. The zero-order valence-electron chi connectivity index (χ0n) is 13.5. The maximum atomic E-state index is 4.73. The highest BCUT2D eigenvalue weighted by molar-refractivity contribution is 5.33. The molecule has 0 spiro atoms. The van der Waals surface area contributed by atoms with Crippen molar-refractivity contribution in [3.63, 3.8) is 0 Å². The lowest BCUT2D eigenvalue weighted by Gasteiger charge is -2.35. The molecule has 1 aromatic rings. The van der Waals surface area contributed by atoms with Gasteiger partial charge in [0.05, 0.1) is 0 Å². The van der Waals surface area contributed by atoms with Crippen molar-refractivity contribution in [2.24, 2.45) is 0 Å². The van der Waals surface area contributed by atoms with Crippen molar-refractivity contribution in [1.29, 1.82) is 0 Å². The van der Waals surface area contributed by atoms with Crippen LogP contribution in [-0.4, -0.2) is 54.1 Å². The molecule has 2 fully saturated rings. The van der Waals surface area contributed by atoms with Crippen molar-refractivity contribution in [2.45, 2.75) is 51.2 Å². The number of nitrogens with zero attached hydrogens (tertiary/aromatic N) is 4. The zero-order chi connectivity index (χ0) is 14.8. The Morgan fingerprint density at radius 1 is 1.38 bits per heavy atom. The van der Waals surface area contributed by atoms with Crippen LogP contribution >= 0.6 is 0 Å². The van der Waals surface area contributed by atoms with E-state index >= 15 is 0 Å². The summed E-state index contributed by atoms with van der Waals surface area (Å²) in [4.78, 5) is 14.0.